The molecule has 3 nitrogen and oxygen atoms in total. The normalized spacial score (nSPS) is 37.8. The van der Waals surface area contributed by atoms with Gasteiger partial charge in [0.1, 0.15) is 5.72 Å². The van der Waals surface area contributed by atoms with Crippen LogP contribution in [0.5, 0.6) is 0 Å². The number of nitrogens with one attached hydrogen (secondary N) is 1. The van der Waals surface area contributed by atoms with E-state index >= 15 is 0 Å². The first-order valence-electron chi connectivity index (χ1n) is 5.99. The van der Waals surface area contributed by atoms with Crippen molar-refractivity contribution in [2.24, 2.45) is 11.3 Å². The van der Waals surface area contributed by atoms with Gasteiger partial charge in [-0.05, 0) is 19.8 Å². The summed E-state index contributed by atoms with van der Waals surface area (Å²) in [4.78, 5) is 0. The predicted octanol–water partition coefficient (Wildman–Crippen LogP) is 1.78. The molecule has 1 N–H and O–H groups in total. The summed E-state index contributed by atoms with van der Waals surface area (Å²) >= 11 is 0. The maximum Gasteiger partial charge on any atom is 0.119 e. The highest BCUT2D eigenvalue weighted by Gasteiger charge is 2.41. The van der Waals surface area contributed by atoms with Crippen LogP contribution in [0.3, 0.4) is 0 Å². The molecule has 1 atom stereocenters. The fraction of sp³-hybridized carbons (Fsp3) is 1.00. The van der Waals surface area contributed by atoms with Gasteiger partial charge in [0.25, 0.3) is 0 Å². The molecule has 0 spiro atoms. The first-order valence-corrected chi connectivity index (χ1v) is 5.99. The second kappa shape index (κ2) is 4.04. The lowest BCUT2D eigenvalue weighted by Crippen LogP contribution is -2.60. The topological polar surface area (TPSA) is 30.5 Å². The standard InChI is InChI=1S/C12H23NO2/c1-11(2)8-13-12(3,15-9-11)10-4-6-14-7-5-10/h10,13H,4-9H2,1-3H3. The molecular weight excluding hydrogens is 190 g/mol. The Kier molecular flexibility index (Phi) is 3.06. The quantitative estimate of drug-likeness (QED) is 0.720. The first kappa shape index (κ1) is 11.4. The van der Waals surface area contributed by atoms with Gasteiger partial charge in [-0.25, -0.2) is 0 Å². The maximum atomic E-state index is 6.05. The minimum Gasteiger partial charge on any atom is -0.381 e. The van der Waals surface area contributed by atoms with Gasteiger partial charge in [0.05, 0.1) is 6.61 Å². The summed E-state index contributed by atoms with van der Waals surface area (Å²) in [6, 6.07) is 0. The average molecular weight is 213 g/mol. The Hall–Kier alpha value is -0.120. The predicted molar refractivity (Wildman–Crippen MR) is 59.7 cm³/mol. The fourth-order valence-electron chi connectivity index (χ4n) is 2.37. The van der Waals surface area contributed by atoms with Crippen molar-refractivity contribution < 1.29 is 9.47 Å². The van der Waals surface area contributed by atoms with Gasteiger partial charge in [-0.1, -0.05) is 13.8 Å². The molecular formula is C12H23NO2. The van der Waals surface area contributed by atoms with Crippen LogP contribution in [0.15, 0.2) is 0 Å². The smallest absolute Gasteiger partial charge is 0.119 e. The molecule has 2 saturated heterocycles. The van der Waals surface area contributed by atoms with E-state index in [1.165, 1.54) is 0 Å². The number of hydrogen-bond acceptors (Lipinski definition) is 3. The maximum absolute atomic E-state index is 6.05. The summed E-state index contributed by atoms with van der Waals surface area (Å²) in [6.07, 6.45) is 2.23. The Bertz CT molecular complexity index is 212. The van der Waals surface area contributed by atoms with E-state index in [1.54, 1.807) is 0 Å². The number of hydrogen-bond donors (Lipinski definition) is 1. The van der Waals surface area contributed by atoms with Crippen LogP contribution in [0.4, 0.5) is 0 Å². The molecule has 88 valence electrons. The van der Waals surface area contributed by atoms with Crippen LogP contribution in [0.1, 0.15) is 33.6 Å². The van der Waals surface area contributed by atoms with Crippen LogP contribution in [0, 0.1) is 11.3 Å². The van der Waals surface area contributed by atoms with Crippen molar-refractivity contribution in [2.45, 2.75) is 39.3 Å². The summed E-state index contributed by atoms with van der Waals surface area (Å²) in [5.74, 6) is 0.599. The zero-order valence-corrected chi connectivity index (χ0v) is 10.1. The lowest BCUT2D eigenvalue weighted by molar-refractivity contribution is -0.171. The highest BCUT2D eigenvalue weighted by atomic mass is 16.5. The van der Waals surface area contributed by atoms with Crippen molar-refractivity contribution in [3.63, 3.8) is 0 Å². The molecule has 0 radical (unpaired) electrons. The van der Waals surface area contributed by atoms with E-state index < -0.39 is 0 Å². The zero-order valence-electron chi connectivity index (χ0n) is 10.1. The van der Waals surface area contributed by atoms with Crippen molar-refractivity contribution >= 4 is 0 Å². The molecule has 1 unspecified atom stereocenters. The van der Waals surface area contributed by atoms with Crippen LogP contribution in [-0.4, -0.2) is 32.1 Å². The molecule has 3 heteroatoms. The highest BCUT2D eigenvalue weighted by Crippen LogP contribution is 2.33. The van der Waals surface area contributed by atoms with Gasteiger partial charge < -0.3 is 9.47 Å². The Balaban J connectivity index is 1.95. The van der Waals surface area contributed by atoms with Crippen LogP contribution in [0.2, 0.25) is 0 Å². The molecule has 0 aromatic heterocycles. The van der Waals surface area contributed by atoms with Gasteiger partial charge in [-0.2, -0.15) is 0 Å². The monoisotopic (exact) mass is 213 g/mol. The van der Waals surface area contributed by atoms with Crippen molar-refractivity contribution in [1.82, 2.24) is 5.32 Å². The molecule has 15 heavy (non-hydrogen) atoms. The van der Waals surface area contributed by atoms with Gasteiger partial charge >= 0.3 is 0 Å². The molecule has 0 bridgehead atoms. The lowest BCUT2D eigenvalue weighted by Gasteiger charge is -2.47. The van der Waals surface area contributed by atoms with E-state index in [4.69, 9.17) is 9.47 Å². The summed E-state index contributed by atoms with van der Waals surface area (Å²) < 4.78 is 11.4. The van der Waals surface area contributed by atoms with Gasteiger partial charge in [-0.3, -0.25) is 5.32 Å². The minimum atomic E-state index is -0.126. The molecule has 2 heterocycles. The molecule has 2 aliphatic rings. The third-order valence-corrected chi connectivity index (χ3v) is 3.68. The highest BCUT2D eigenvalue weighted by molar-refractivity contribution is 4.90. The average Bonchev–Trinajstić information content (AvgIpc) is 2.24. The van der Waals surface area contributed by atoms with E-state index in [9.17, 15) is 0 Å². The van der Waals surface area contributed by atoms with Crippen molar-refractivity contribution in [3.8, 4) is 0 Å². The fourth-order valence-corrected chi connectivity index (χ4v) is 2.37. The van der Waals surface area contributed by atoms with Crippen molar-refractivity contribution in [2.75, 3.05) is 26.4 Å². The van der Waals surface area contributed by atoms with Gasteiger partial charge in [0.2, 0.25) is 0 Å². The molecule has 0 amide bonds. The van der Waals surface area contributed by atoms with E-state index in [-0.39, 0.29) is 11.1 Å². The molecule has 0 saturated carbocycles. The minimum absolute atomic E-state index is 0.126. The zero-order chi connectivity index (χ0) is 10.9. The number of rotatable bonds is 1. The Morgan fingerprint density at radius 2 is 1.80 bits per heavy atom. The Labute approximate surface area is 92.5 Å². The Morgan fingerprint density at radius 3 is 2.33 bits per heavy atom. The molecule has 0 aromatic rings. The van der Waals surface area contributed by atoms with Crippen LogP contribution in [0.25, 0.3) is 0 Å². The largest absolute Gasteiger partial charge is 0.381 e. The second-order valence-corrected chi connectivity index (χ2v) is 5.80. The van der Waals surface area contributed by atoms with Gasteiger partial charge in [0.15, 0.2) is 0 Å². The van der Waals surface area contributed by atoms with Gasteiger partial charge in [-0.15, -0.1) is 0 Å². The van der Waals surface area contributed by atoms with Crippen LogP contribution >= 0.6 is 0 Å². The van der Waals surface area contributed by atoms with E-state index in [1.807, 2.05) is 0 Å². The third-order valence-electron chi connectivity index (χ3n) is 3.68. The van der Waals surface area contributed by atoms with Crippen LogP contribution in [-0.2, 0) is 9.47 Å². The molecule has 2 fully saturated rings. The molecule has 2 rings (SSSR count). The van der Waals surface area contributed by atoms with Crippen LogP contribution < -0.4 is 5.32 Å². The summed E-state index contributed by atoms with van der Waals surface area (Å²) in [6.45, 7) is 10.3. The second-order valence-electron chi connectivity index (χ2n) is 5.80. The summed E-state index contributed by atoms with van der Waals surface area (Å²) in [5.41, 5.74) is 0.143. The molecule has 0 aliphatic carbocycles. The van der Waals surface area contributed by atoms with E-state index in [0.29, 0.717) is 5.92 Å². The summed E-state index contributed by atoms with van der Waals surface area (Å²) in [5, 5.41) is 3.58. The third kappa shape index (κ3) is 2.52. The van der Waals surface area contributed by atoms with E-state index in [0.717, 1.165) is 39.2 Å². The first-order chi connectivity index (χ1) is 7.02. The van der Waals surface area contributed by atoms with Crippen molar-refractivity contribution in [3.05, 3.63) is 0 Å². The Morgan fingerprint density at radius 1 is 1.13 bits per heavy atom. The lowest BCUT2D eigenvalue weighted by atomic mass is 9.85. The molecule has 0 aromatic carbocycles. The molecule has 2 aliphatic heterocycles. The SMILES string of the molecule is CC1(C)CNC(C)(C2CCOCC2)OC1. The van der Waals surface area contributed by atoms with E-state index in [2.05, 4.69) is 26.1 Å². The van der Waals surface area contributed by atoms with Crippen molar-refractivity contribution in [1.29, 1.82) is 0 Å². The number of ether oxygens (including phenoxy) is 2. The summed E-state index contributed by atoms with van der Waals surface area (Å²) in [7, 11) is 0. The van der Waals surface area contributed by atoms with Gasteiger partial charge in [0, 0.05) is 31.1 Å².